The number of anilines is 1. The van der Waals surface area contributed by atoms with Gasteiger partial charge in [-0.1, -0.05) is 17.7 Å². The highest BCUT2D eigenvalue weighted by Gasteiger charge is 2.28. The average Bonchev–Trinajstić information content (AvgIpc) is 2.67. The molecule has 2 aromatic carbocycles. The van der Waals surface area contributed by atoms with Gasteiger partial charge in [-0.05, 0) is 42.5 Å². The van der Waals surface area contributed by atoms with Gasteiger partial charge in [0.1, 0.15) is 6.54 Å². The summed E-state index contributed by atoms with van der Waals surface area (Å²) in [5, 5.41) is 1.33. The Bertz CT molecular complexity index is 1110. The fourth-order valence-electron chi connectivity index (χ4n) is 3.23. The molecule has 1 aliphatic rings. The number of pyridine rings is 1. The largest absolute Gasteiger partial charge is 0.328 e. The molecule has 27 heavy (non-hydrogen) atoms. The van der Waals surface area contributed by atoms with Gasteiger partial charge < -0.3 is 14.8 Å². The monoisotopic (exact) mass is 381 g/mol. The number of nitrogens with one attached hydrogen (secondary N) is 1. The second-order valence-electron chi connectivity index (χ2n) is 6.38. The van der Waals surface area contributed by atoms with E-state index >= 15 is 0 Å². The van der Waals surface area contributed by atoms with Gasteiger partial charge in [0, 0.05) is 46.3 Å². The van der Waals surface area contributed by atoms with Crippen molar-refractivity contribution in [3.63, 3.8) is 0 Å². The standard InChI is InChI=1S/C20H16ClN3O3/c21-15-3-1-2-14(10-15)20(27)23-8-9-24(19(26)12-23)16-5-6-17-13(11-16)4-7-18(25)22-17/h1-7,10-11H,8-9,12H2,(H,22,25). The molecule has 4 rings (SSSR count). The molecule has 0 aliphatic carbocycles. The molecule has 136 valence electrons. The van der Waals surface area contributed by atoms with E-state index in [1.165, 1.54) is 11.0 Å². The van der Waals surface area contributed by atoms with Crippen molar-refractivity contribution in [1.82, 2.24) is 9.88 Å². The zero-order chi connectivity index (χ0) is 19.0. The summed E-state index contributed by atoms with van der Waals surface area (Å²) in [6.07, 6.45) is 0. The number of aromatic nitrogens is 1. The van der Waals surface area contributed by atoms with Crippen LogP contribution in [-0.2, 0) is 4.79 Å². The summed E-state index contributed by atoms with van der Waals surface area (Å²) in [5.41, 5.74) is 1.76. The van der Waals surface area contributed by atoms with Gasteiger partial charge in [0.2, 0.25) is 11.5 Å². The third-order valence-electron chi connectivity index (χ3n) is 4.60. The van der Waals surface area contributed by atoms with Crippen molar-refractivity contribution in [2.24, 2.45) is 0 Å². The van der Waals surface area contributed by atoms with Crippen molar-refractivity contribution in [3.8, 4) is 0 Å². The van der Waals surface area contributed by atoms with E-state index in [1.54, 1.807) is 47.4 Å². The molecule has 0 bridgehead atoms. The SMILES string of the molecule is O=C(c1cccc(Cl)c1)N1CCN(c2ccc3[nH]c(=O)ccc3c2)C(=O)C1. The summed E-state index contributed by atoms with van der Waals surface area (Å²) in [6, 6.07) is 15.3. The molecule has 2 amide bonds. The predicted molar refractivity (Wildman–Crippen MR) is 104 cm³/mol. The Morgan fingerprint density at radius 2 is 1.85 bits per heavy atom. The van der Waals surface area contributed by atoms with Crippen molar-refractivity contribution in [1.29, 1.82) is 0 Å². The molecule has 7 heteroatoms. The normalized spacial score (nSPS) is 14.6. The highest BCUT2D eigenvalue weighted by atomic mass is 35.5. The third kappa shape index (κ3) is 3.44. The van der Waals surface area contributed by atoms with E-state index in [9.17, 15) is 14.4 Å². The maximum atomic E-state index is 12.6. The summed E-state index contributed by atoms with van der Waals surface area (Å²) in [7, 11) is 0. The quantitative estimate of drug-likeness (QED) is 0.741. The van der Waals surface area contributed by atoms with Gasteiger partial charge in [0.15, 0.2) is 0 Å². The Hall–Kier alpha value is -3.12. The number of rotatable bonds is 2. The van der Waals surface area contributed by atoms with E-state index in [0.717, 1.165) is 11.1 Å². The molecule has 0 unspecified atom stereocenters. The first-order valence-corrected chi connectivity index (χ1v) is 8.87. The zero-order valence-corrected chi connectivity index (χ0v) is 15.1. The molecule has 1 aromatic heterocycles. The molecular weight excluding hydrogens is 366 g/mol. The number of piperazine rings is 1. The van der Waals surface area contributed by atoms with Crippen LogP contribution >= 0.6 is 11.6 Å². The number of carbonyl (C=O) groups excluding carboxylic acids is 2. The first-order chi connectivity index (χ1) is 13.0. The molecular formula is C20H16ClN3O3. The lowest BCUT2D eigenvalue weighted by Crippen LogP contribution is -2.52. The van der Waals surface area contributed by atoms with Gasteiger partial charge in [-0.25, -0.2) is 0 Å². The maximum Gasteiger partial charge on any atom is 0.254 e. The Balaban J connectivity index is 1.53. The van der Waals surface area contributed by atoms with Crippen molar-refractivity contribution < 1.29 is 9.59 Å². The number of aromatic amines is 1. The first-order valence-electron chi connectivity index (χ1n) is 8.49. The van der Waals surface area contributed by atoms with Crippen molar-refractivity contribution in [2.45, 2.75) is 0 Å². The van der Waals surface area contributed by atoms with Crippen molar-refractivity contribution in [3.05, 3.63) is 75.5 Å². The summed E-state index contributed by atoms with van der Waals surface area (Å²) < 4.78 is 0. The number of benzene rings is 2. The molecule has 6 nitrogen and oxygen atoms in total. The number of hydrogen-bond acceptors (Lipinski definition) is 3. The topological polar surface area (TPSA) is 73.5 Å². The third-order valence-corrected chi connectivity index (χ3v) is 4.83. The second kappa shape index (κ2) is 6.89. The lowest BCUT2D eigenvalue weighted by atomic mass is 10.1. The van der Waals surface area contributed by atoms with Crippen LogP contribution in [0, 0.1) is 0 Å². The maximum absolute atomic E-state index is 12.6. The molecule has 0 atom stereocenters. The second-order valence-corrected chi connectivity index (χ2v) is 6.81. The minimum Gasteiger partial charge on any atom is -0.328 e. The van der Waals surface area contributed by atoms with Crippen LogP contribution in [0.2, 0.25) is 5.02 Å². The number of halogens is 1. The van der Waals surface area contributed by atoms with Crippen LogP contribution in [0.5, 0.6) is 0 Å². The highest BCUT2D eigenvalue weighted by molar-refractivity contribution is 6.31. The Morgan fingerprint density at radius 1 is 1.00 bits per heavy atom. The van der Waals surface area contributed by atoms with E-state index < -0.39 is 0 Å². The first kappa shape index (κ1) is 17.3. The highest BCUT2D eigenvalue weighted by Crippen LogP contribution is 2.23. The molecule has 1 fully saturated rings. The van der Waals surface area contributed by atoms with Crippen LogP contribution in [0.4, 0.5) is 5.69 Å². The van der Waals surface area contributed by atoms with Gasteiger partial charge >= 0.3 is 0 Å². The minimum absolute atomic E-state index is 0.00894. The molecule has 1 aliphatic heterocycles. The average molecular weight is 382 g/mol. The fourth-order valence-corrected chi connectivity index (χ4v) is 3.42. The van der Waals surface area contributed by atoms with Crippen LogP contribution in [0.1, 0.15) is 10.4 Å². The van der Waals surface area contributed by atoms with Gasteiger partial charge in [0.05, 0.1) is 0 Å². The molecule has 0 radical (unpaired) electrons. The molecule has 2 heterocycles. The van der Waals surface area contributed by atoms with Crippen LogP contribution in [0.3, 0.4) is 0 Å². The number of H-pyrrole nitrogens is 1. The van der Waals surface area contributed by atoms with Gasteiger partial charge in [-0.2, -0.15) is 0 Å². The lowest BCUT2D eigenvalue weighted by molar-refractivity contribution is -0.120. The smallest absolute Gasteiger partial charge is 0.254 e. The number of fused-ring (bicyclic) bond motifs is 1. The summed E-state index contributed by atoms with van der Waals surface area (Å²) in [6.45, 7) is 0.843. The van der Waals surface area contributed by atoms with Crippen molar-refractivity contribution >= 4 is 40.0 Å². The Labute approximate surface area is 160 Å². The molecule has 1 N–H and O–H groups in total. The Kier molecular flexibility index (Phi) is 4.41. The molecule has 0 saturated carbocycles. The van der Waals surface area contributed by atoms with Gasteiger partial charge in [-0.15, -0.1) is 0 Å². The van der Waals surface area contributed by atoms with E-state index in [2.05, 4.69) is 4.98 Å². The number of amides is 2. The van der Waals surface area contributed by atoms with Crippen LogP contribution in [0.25, 0.3) is 10.9 Å². The lowest BCUT2D eigenvalue weighted by Gasteiger charge is -2.34. The predicted octanol–water partition coefficient (Wildman–Crippen LogP) is 2.67. The number of hydrogen-bond donors (Lipinski definition) is 1. The molecule has 0 spiro atoms. The number of carbonyl (C=O) groups is 2. The van der Waals surface area contributed by atoms with E-state index in [0.29, 0.717) is 29.2 Å². The summed E-state index contributed by atoms with van der Waals surface area (Å²) in [5.74, 6) is -0.359. The Morgan fingerprint density at radius 3 is 2.63 bits per heavy atom. The van der Waals surface area contributed by atoms with Gasteiger partial charge in [-0.3, -0.25) is 14.4 Å². The fraction of sp³-hybridized carbons (Fsp3) is 0.150. The molecule has 3 aromatic rings. The van der Waals surface area contributed by atoms with E-state index in [-0.39, 0.29) is 23.9 Å². The minimum atomic E-state index is -0.207. The van der Waals surface area contributed by atoms with Crippen LogP contribution in [-0.4, -0.2) is 41.3 Å². The summed E-state index contributed by atoms with van der Waals surface area (Å²) in [4.78, 5) is 42.6. The van der Waals surface area contributed by atoms with E-state index in [1.807, 2.05) is 6.07 Å². The van der Waals surface area contributed by atoms with Crippen LogP contribution < -0.4 is 10.5 Å². The number of nitrogens with zero attached hydrogens (tertiary/aromatic N) is 2. The van der Waals surface area contributed by atoms with E-state index in [4.69, 9.17) is 11.6 Å². The van der Waals surface area contributed by atoms with Crippen LogP contribution in [0.15, 0.2) is 59.4 Å². The summed E-state index contributed by atoms with van der Waals surface area (Å²) >= 11 is 5.95. The zero-order valence-electron chi connectivity index (χ0n) is 14.3. The molecule has 1 saturated heterocycles. The van der Waals surface area contributed by atoms with Gasteiger partial charge in [0.25, 0.3) is 5.91 Å². The van der Waals surface area contributed by atoms with Crippen molar-refractivity contribution in [2.75, 3.05) is 24.5 Å².